The predicted octanol–water partition coefficient (Wildman–Crippen LogP) is 3.66. The molecule has 0 aromatic heterocycles. The van der Waals surface area contributed by atoms with E-state index in [0.717, 1.165) is 35.0 Å². The molecule has 3 rings (SSSR count). The van der Waals surface area contributed by atoms with Gasteiger partial charge in [-0.1, -0.05) is 13.0 Å². The number of anilines is 1. The molecule has 6 nitrogen and oxygen atoms in total. The van der Waals surface area contributed by atoms with E-state index >= 15 is 0 Å². The molecular weight excluding hydrogens is 344 g/mol. The lowest BCUT2D eigenvalue weighted by atomic mass is 10.1. The lowest BCUT2D eigenvalue weighted by Gasteiger charge is -2.27. The van der Waals surface area contributed by atoms with Crippen molar-refractivity contribution in [3.8, 4) is 17.2 Å². The number of nitrogens with one attached hydrogen (secondary N) is 1. The Bertz CT molecular complexity index is 776. The number of fused-ring (bicyclic) bond motifs is 1. The maximum absolute atomic E-state index is 12.7. The monoisotopic (exact) mass is 370 g/mol. The summed E-state index contributed by atoms with van der Waals surface area (Å²) < 4.78 is 16.2. The molecule has 2 aromatic rings. The molecule has 27 heavy (non-hydrogen) atoms. The zero-order valence-corrected chi connectivity index (χ0v) is 16.0. The van der Waals surface area contributed by atoms with Gasteiger partial charge in [-0.3, -0.25) is 9.69 Å². The summed E-state index contributed by atoms with van der Waals surface area (Å²) in [4.78, 5) is 14.8. The Labute approximate surface area is 160 Å². The molecule has 0 aliphatic carbocycles. The average Bonchev–Trinajstić information content (AvgIpc) is 3.15. The van der Waals surface area contributed by atoms with Gasteiger partial charge in [0.15, 0.2) is 11.5 Å². The van der Waals surface area contributed by atoms with Crippen LogP contribution in [-0.2, 0) is 11.3 Å². The van der Waals surface area contributed by atoms with E-state index in [4.69, 9.17) is 14.2 Å². The summed E-state index contributed by atoms with van der Waals surface area (Å²) >= 11 is 0. The fourth-order valence-corrected chi connectivity index (χ4v) is 3.01. The molecule has 0 spiro atoms. The maximum Gasteiger partial charge on any atom is 0.241 e. The molecule has 0 saturated heterocycles. The Morgan fingerprint density at radius 2 is 1.89 bits per heavy atom. The first kappa shape index (κ1) is 19.0. The van der Waals surface area contributed by atoms with Gasteiger partial charge in [0.05, 0.1) is 12.6 Å². The first-order valence-corrected chi connectivity index (χ1v) is 9.27. The minimum Gasteiger partial charge on any atom is -0.494 e. The van der Waals surface area contributed by atoms with Crippen LogP contribution in [0.1, 0.15) is 26.3 Å². The Morgan fingerprint density at radius 3 is 2.59 bits per heavy atom. The van der Waals surface area contributed by atoms with E-state index in [9.17, 15) is 4.79 Å². The van der Waals surface area contributed by atoms with Gasteiger partial charge in [-0.2, -0.15) is 0 Å². The summed E-state index contributed by atoms with van der Waals surface area (Å²) in [5.41, 5.74) is 1.84. The highest BCUT2D eigenvalue weighted by atomic mass is 16.7. The Morgan fingerprint density at radius 1 is 1.15 bits per heavy atom. The smallest absolute Gasteiger partial charge is 0.241 e. The lowest BCUT2D eigenvalue weighted by molar-refractivity contribution is -0.120. The van der Waals surface area contributed by atoms with E-state index in [-0.39, 0.29) is 18.7 Å². The van der Waals surface area contributed by atoms with Crippen LogP contribution < -0.4 is 19.5 Å². The van der Waals surface area contributed by atoms with Crippen LogP contribution in [0.3, 0.4) is 0 Å². The van der Waals surface area contributed by atoms with Crippen LogP contribution in [0.2, 0.25) is 0 Å². The summed E-state index contributed by atoms with van der Waals surface area (Å²) in [6.07, 6.45) is 0. The topological polar surface area (TPSA) is 60.0 Å². The van der Waals surface area contributed by atoms with Crippen molar-refractivity contribution in [1.82, 2.24) is 4.90 Å². The highest BCUT2D eigenvalue weighted by molar-refractivity contribution is 5.94. The van der Waals surface area contributed by atoms with Crippen LogP contribution in [-0.4, -0.2) is 36.8 Å². The fraction of sp³-hybridized carbons (Fsp3) is 0.381. The molecule has 0 fully saturated rings. The van der Waals surface area contributed by atoms with Crippen LogP contribution in [0, 0.1) is 0 Å². The van der Waals surface area contributed by atoms with Gasteiger partial charge in [-0.05, 0) is 62.4 Å². The first-order chi connectivity index (χ1) is 13.1. The molecule has 1 heterocycles. The number of carbonyl (C=O) groups excluding carboxylic acids is 1. The van der Waals surface area contributed by atoms with Gasteiger partial charge in [0.25, 0.3) is 0 Å². The summed E-state index contributed by atoms with van der Waals surface area (Å²) in [6.45, 7) is 8.20. The van der Waals surface area contributed by atoms with Crippen molar-refractivity contribution in [2.75, 3.05) is 25.3 Å². The highest BCUT2D eigenvalue weighted by Gasteiger charge is 2.21. The molecule has 6 heteroatoms. The molecule has 0 radical (unpaired) electrons. The van der Waals surface area contributed by atoms with Crippen molar-refractivity contribution in [2.24, 2.45) is 0 Å². The summed E-state index contributed by atoms with van der Waals surface area (Å²) in [5, 5.41) is 2.97. The Kier molecular flexibility index (Phi) is 6.19. The molecule has 144 valence electrons. The molecule has 1 aliphatic heterocycles. The second kappa shape index (κ2) is 8.77. The number of nitrogens with zero attached hydrogens (tertiary/aromatic N) is 1. The van der Waals surface area contributed by atoms with Crippen molar-refractivity contribution < 1.29 is 19.0 Å². The van der Waals surface area contributed by atoms with E-state index in [0.29, 0.717) is 13.2 Å². The van der Waals surface area contributed by atoms with Crippen LogP contribution in [0.25, 0.3) is 0 Å². The SMILES string of the molecule is CCOc1ccc(NC(=O)C(C)N(CC)Cc2ccc3c(c2)OCO3)cc1. The van der Waals surface area contributed by atoms with E-state index in [1.165, 1.54) is 0 Å². The van der Waals surface area contributed by atoms with Gasteiger partial charge in [-0.15, -0.1) is 0 Å². The van der Waals surface area contributed by atoms with Gasteiger partial charge in [0.1, 0.15) is 5.75 Å². The fourth-order valence-electron chi connectivity index (χ4n) is 3.01. The number of hydrogen-bond donors (Lipinski definition) is 1. The lowest BCUT2D eigenvalue weighted by Crippen LogP contribution is -2.41. The predicted molar refractivity (Wildman–Crippen MR) is 104 cm³/mol. The number of hydrogen-bond acceptors (Lipinski definition) is 5. The van der Waals surface area contributed by atoms with Gasteiger partial charge in [0, 0.05) is 12.2 Å². The quantitative estimate of drug-likeness (QED) is 0.768. The Balaban J connectivity index is 1.61. The molecule has 1 aliphatic rings. The number of carbonyl (C=O) groups is 1. The van der Waals surface area contributed by atoms with Crippen LogP contribution in [0.5, 0.6) is 17.2 Å². The average molecular weight is 370 g/mol. The van der Waals surface area contributed by atoms with E-state index in [2.05, 4.69) is 10.2 Å². The maximum atomic E-state index is 12.7. The molecule has 1 unspecified atom stereocenters. The molecule has 0 saturated carbocycles. The van der Waals surface area contributed by atoms with Crippen molar-refractivity contribution in [3.05, 3.63) is 48.0 Å². The zero-order valence-electron chi connectivity index (χ0n) is 16.0. The van der Waals surface area contributed by atoms with Crippen LogP contribution in [0.15, 0.2) is 42.5 Å². The highest BCUT2D eigenvalue weighted by Crippen LogP contribution is 2.33. The summed E-state index contributed by atoms with van der Waals surface area (Å²) in [7, 11) is 0. The van der Waals surface area contributed by atoms with E-state index in [1.807, 2.05) is 63.2 Å². The van der Waals surface area contributed by atoms with Gasteiger partial charge in [0.2, 0.25) is 12.7 Å². The summed E-state index contributed by atoms with van der Waals surface area (Å²) in [6, 6.07) is 13.0. The second-order valence-corrected chi connectivity index (χ2v) is 6.37. The van der Waals surface area contributed by atoms with Crippen LogP contribution >= 0.6 is 0 Å². The van der Waals surface area contributed by atoms with Crippen molar-refractivity contribution in [1.29, 1.82) is 0 Å². The van der Waals surface area contributed by atoms with E-state index in [1.54, 1.807) is 0 Å². The second-order valence-electron chi connectivity index (χ2n) is 6.37. The van der Waals surface area contributed by atoms with E-state index < -0.39 is 0 Å². The van der Waals surface area contributed by atoms with Crippen molar-refractivity contribution in [3.63, 3.8) is 0 Å². The minimum absolute atomic E-state index is 0.0400. The molecule has 1 amide bonds. The first-order valence-electron chi connectivity index (χ1n) is 9.27. The molecule has 0 bridgehead atoms. The number of benzene rings is 2. The number of rotatable bonds is 8. The van der Waals surface area contributed by atoms with Crippen molar-refractivity contribution >= 4 is 11.6 Å². The minimum atomic E-state index is -0.271. The molecule has 1 N–H and O–H groups in total. The third-order valence-electron chi connectivity index (χ3n) is 4.59. The van der Waals surface area contributed by atoms with Crippen molar-refractivity contribution in [2.45, 2.75) is 33.4 Å². The third-order valence-corrected chi connectivity index (χ3v) is 4.59. The number of amides is 1. The number of likely N-dealkylation sites (N-methyl/N-ethyl adjacent to an activating group) is 1. The molecule has 1 atom stereocenters. The zero-order chi connectivity index (χ0) is 19.2. The van der Waals surface area contributed by atoms with Gasteiger partial charge >= 0.3 is 0 Å². The Hall–Kier alpha value is -2.73. The van der Waals surface area contributed by atoms with Crippen LogP contribution in [0.4, 0.5) is 5.69 Å². The standard InChI is InChI=1S/C21H26N2O4/c1-4-23(13-16-6-11-19-20(12-16)27-14-26-19)15(3)21(24)22-17-7-9-18(10-8-17)25-5-2/h6-12,15H,4-5,13-14H2,1-3H3,(H,22,24). The third kappa shape index (κ3) is 4.71. The van der Waals surface area contributed by atoms with Gasteiger partial charge < -0.3 is 19.5 Å². The molecular formula is C21H26N2O4. The van der Waals surface area contributed by atoms with Gasteiger partial charge in [-0.25, -0.2) is 0 Å². The number of ether oxygens (including phenoxy) is 3. The largest absolute Gasteiger partial charge is 0.494 e. The normalized spacial score (nSPS) is 13.5. The molecule has 2 aromatic carbocycles. The summed E-state index contributed by atoms with van der Waals surface area (Å²) in [5.74, 6) is 2.28.